The highest BCUT2D eigenvalue weighted by atomic mass is 32.2. The number of carbonyl (C=O) groups is 1. The van der Waals surface area contributed by atoms with Crippen molar-refractivity contribution in [2.45, 2.75) is 32.1 Å². The van der Waals surface area contributed by atoms with E-state index in [9.17, 15) is 10.1 Å². The zero-order valence-corrected chi connectivity index (χ0v) is 12.4. The van der Waals surface area contributed by atoms with Gasteiger partial charge >= 0.3 is 0 Å². The van der Waals surface area contributed by atoms with Crippen LogP contribution in [0.5, 0.6) is 0 Å². The fourth-order valence-corrected chi connectivity index (χ4v) is 3.39. The molecule has 104 valence electrons. The molecule has 4 heteroatoms. The molecule has 1 unspecified atom stereocenters. The summed E-state index contributed by atoms with van der Waals surface area (Å²) in [5.74, 6) is 0.814. The maximum atomic E-state index is 11.9. The summed E-state index contributed by atoms with van der Waals surface area (Å²) in [6.07, 6.45) is 2.54. The summed E-state index contributed by atoms with van der Waals surface area (Å²) >= 11 is 1.58. The average Bonchev–Trinajstić information content (AvgIpc) is 2.48. The van der Waals surface area contributed by atoms with Crippen LogP contribution in [-0.4, -0.2) is 11.7 Å². The van der Waals surface area contributed by atoms with E-state index in [1.165, 1.54) is 0 Å². The fourth-order valence-electron chi connectivity index (χ4n) is 2.22. The lowest BCUT2D eigenvalue weighted by molar-refractivity contribution is -0.120. The maximum absolute atomic E-state index is 11.9. The van der Waals surface area contributed by atoms with Crippen LogP contribution >= 0.6 is 11.8 Å². The Kier molecular flexibility index (Phi) is 5.25. The second kappa shape index (κ2) is 7.16. The highest BCUT2D eigenvalue weighted by Crippen LogP contribution is 2.35. The topological polar surface area (TPSA) is 52.9 Å². The van der Waals surface area contributed by atoms with Gasteiger partial charge in [-0.15, -0.1) is 11.8 Å². The number of hydrogen-bond acceptors (Lipinski definition) is 3. The summed E-state index contributed by atoms with van der Waals surface area (Å²) in [7, 11) is 0. The van der Waals surface area contributed by atoms with Crippen molar-refractivity contribution in [3.63, 3.8) is 0 Å². The molecule has 0 radical (unpaired) electrons. The van der Waals surface area contributed by atoms with Gasteiger partial charge in [-0.1, -0.05) is 43.7 Å². The molecule has 3 nitrogen and oxygen atoms in total. The molecular weight excluding hydrogens is 268 g/mol. The highest BCUT2D eigenvalue weighted by molar-refractivity contribution is 8.03. The van der Waals surface area contributed by atoms with E-state index in [1.807, 2.05) is 30.3 Å². The smallest absolute Gasteiger partial charge is 0.225 e. The van der Waals surface area contributed by atoms with E-state index in [4.69, 9.17) is 0 Å². The van der Waals surface area contributed by atoms with E-state index in [2.05, 4.69) is 18.3 Å². The second-order valence-electron chi connectivity index (χ2n) is 4.77. The first-order valence-electron chi connectivity index (χ1n) is 6.88. The quantitative estimate of drug-likeness (QED) is 0.842. The minimum Gasteiger partial charge on any atom is -0.320 e. The van der Waals surface area contributed by atoms with Gasteiger partial charge in [0.05, 0.1) is 16.7 Å². The second-order valence-corrected chi connectivity index (χ2v) is 5.88. The minimum atomic E-state index is -0.112. The molecule has 0 spiro atoms. The van der Waals surface area contributed by atoms with Crippen molar-refractivity contribution in [2.24, 2.45) is 0 Å². The van der Waals surface area contributed by atoms with Gasteiger partial charge in [-0.05, 0) is 17.7 Å². The molecule has 0 saturated carbocycles. The number of thioether (sulfide) groups is 1. The number of nitrogens with zero attached hydrogens (tertiary/aromatic N) is 1. The third-order valence-electron chi connectivity index (χ3n) is 3.30. The molecule has 0 aliphatic carbocycles. The van der Waals surface area contributed by atoms with Gasteiger partial charge in [0.1, 0.15) is 0 Å². The Hall–Kier alpha value is -1.73. The Bertz CT molecular complexity index is 545. The van der Waals surface area contributed by atoms with Crippen LogP contribution in [-0.2, 0) is 4.79 Å². The molecule has 1 amide bonds. The van der Waals surface area contributed by atoms with E-state index >= 15 is 0 Å². The SMILES string of the molecule is CCCCSC1=C(C#N)C(c2ccccc2)CC(=O)N1. The number of rotatable bonds is 5. The lowest BCUT2D eigenvalue weighted by atomic mass is 9.87. The fraction of sp³-hybridized carbons (Fsp3) is 0.375. The van der Waals surface area contributed by atoms with Gasteiger partial charge < -0.3 is 5.32 Å². The van der Waals surface area contributed by atoms with Crippen LogP contribution in [0.1, 0.15) is 37.7 Å². The maximum Gasteiger partial charge on any atom is 0.225 e. The summed E-state index contributed by atoms with van der Waals surface area (Å²) in [4.78, 5) is 11.9. The molecule has 1 N–H and O–H groups in total. The zero-order chi connectivity index (χ0) is 14.4. The van der Waals surface area contributed by atoms with Crippen LogP contribution in [0.2, 0.25) is 0 Å². The van der Waals surface area contributed by atoms with E-state index in [0.29, 0.717) is 12.0 Å². The van der Waals surface area contributed by atoms with E-state index in [1.54, 1.807) is 11.8 Å². The van der Waals surface area contributed by atoms with Gasteiger partial charge in [0.15, 0.2) is 0 Å². The van der Waals surface area contributed by atoms with Gasteiger partial charge in [-0.3, -0.25) is 4.79 Å². The van der Waals surface area contributed by atoms with Crippen molar-refractivity contribution < 1.29 is 4.79 Å². The number of allylic oxidation sites excluding steroid dienone is 1. The van der Waals surface area contributed by atoms with E-state index < -0.39 is 0 Å². The van der Waals surface area contributed by atoms with Gasteiger partial charge in [0.25, 0.3) is 0 Å². The molecule has 1 heterocycles. The van der Waals surface area contributed by atoms with E-state index in [-0.39, 0.29) is 11.8 Å². The van der Waals surface area contributed by atoms with Crippen molar-refractivity contribution in [3.05, 3.63) is 46.5 Å². The number of carbonyl (C=O) groups excluding carboxylic acids is 1. The number of unbranched alkanes of at least 4 members (excludes halogenated alkanes) is 1. The number of nitrogens with one attached hydrogen (secondary N) is 1. The standard InChI is InChI=1S/C16H18N2OS/c1-2-3-9-20-16-14(11-17)13(10-15(19)18-16)12-7-5-4-6-8-12/h4-8,13H,2-3,9-10H2,1H3,(H,18,19). The van der Waals surface area contributed by atoms with Crippen LogP contribution in [0, 0.1) is 11.3 Å². The first-order chi connectivity index (χ1) is 9.76. The van der Waals surface area contributed by atoms with Gasteiger partial charge in [-0.25, -0.2) is 0 Å². The molecule has 0 bridgehead atoms. The van der Waals surface area contributed by atoms with Crippen LogP contribution in [0.25, 0.3) is 0 Å². The molecule has 1 aliphatic heterocycles. The lowest BCUT2D eigenvalue weighted by Crippen LogP contribution is -2.30. The summed E-state index contributed by atoms with van der Waals surface area (Å²) in [6.45, 7) is 2.13. The summed E-state index contributed by atoms with van der Waals surface area (Å²) in [5.41, 5.74) is 1.73. The molecule has 1 aliphatic rings. The van der Waals surface area contributed by atoms with Crippen LogP contribution in [0.4, 0.5) is 0 Å². The molecule has 0 fully saturated rings. The third kappa shape index (κ3) is 3.43. The first-order valence-corrected chi connectivity index (χ1v) is 7.86. The molecular formula is C16H18N2OS. The Morgan fingerprint density at radius 3 is 2.80 bits per heavy atom. The molecule has 1 atom stereocenters. The molecule has 1 aromatic carbocycles. The highest BCUT2D eigenvalue weighted by Gasteiger charge is 2.29. The molecule has 2 rings (SSSR count). The van der Waals surface area contributed by atoms with E-state index in [0.717, 1.165) is 29.2 Å². The van der Waals surface area contributed by atoms with Crippen molar-refractivity contribution >= 4 is 17.7 Å². The normalized spacial score (nSPS) is 18.6. The molecule has 0 aromatic heterocycles. The summed E-state index contributed by atoms with van der Waals surface area (Å²) in [5, 5.41) is 13.1. The Morgan fingerprint density at radius 1 is 1.40 bits per heavy atom. The van der Waals surface area contributed by atoms with Crippen LogP contribution < -0.4 is 5.32 Å². The monoisotopic (exact) mass is 286 g/mol. The average molecular weight is 286 g/mol. The molecule has 1 aromatic rings. The first kappa shape index (κ1) is 14.7. The Morgan fingerprint density at radius 2 is 2.15 bits per heavy atom. The third-order valence-corrected chi connectivity index (χ3v) is 4.41. The van der Waals surface area contributed by atoms with Crippen molar-refractivity contribution in [2.75, 3.05) is 5.75 Å². The number of hydrogen-bond donors (Lipinski definition) is 1. The van der Waals surface area contributed by atoms with Crippen molar-refractivity contribution in [1.29, 1.82) is 5.26 Å². The van der Waals surface area contributed by atoms with Crippen molar-refractivity contribution in [3.8, 4) is 6.07 Å². The predicted molar refractivity (Wildman–Crippen MR) is 81.9 cm³/mol. The van der Waals surface area contributed by atoms with Gasteiger partial charge in [0.2, 0.25) is 5.91 Å². The lowest BCUT2D eigenvalue weighted by Gasteiger charge is -2.25. The summed E-state index contributed by atoms with van der Waals surface area (Å²) in [6, 6.07) is 12.1. The van der Waals surface area contributed by atoms with Gasteiger partial charge in [-0.2, -0.15) is 5.26 Å². The number of amides is 1. The predicted octanol–water partition coefficient (Wildman–Crippen LogP) is 3.56. The van der Waals surface area contributed by atoms with Gasteiger partial charge in [0, 0.05) is 12.3 Å². The summed E-state index contributed by atoms with van der Waals surface area (Å²) < 4.78 is 0. The van der Waals surface area contributed by atoms with Crippen LogP contribution in [0.3, 0.4) is 0 Å². The largest absolute Gasteiger partial charge is 0.320 e. The molecule has 0 saturated heterocycles. The number of benzene rings is 1. The Balaban J connectivity index is 2.28. The number of nitriles is 1. The Labute approximate surface area is 124 Å². The molecule has 20 heavy (non-hydrogen) atoms. The van der Waals surface area contributed by atoms with Crippen LogP contribution in [0.15, 0.2) is 40.9 Å². The minimum absolute atomic E-state index is 0.00292. The van der Waals surface area contributed by atoms with Crippen molar-refractivity contribution in [1.82, 2.24) is 5.32 Å². The zero-order valence-electron chi connectivity index (χ0n) is 11.6.